The topological polar surface area (TPSA) is 42.2 Å². The van der Waals surface area contributed by atoms with Crippen molar-refractivity contribution in [1.29, 1.82) is 5.26 Å². The molecule has 96 valence electrons. The van der Waals surface area contributed by atoms with Gasteiger partial charge in [-0.1, -0.05) is 23.7 Å². The van der Waals surface area contributed by atoms with E-state index >= 15 is 0 Å². The van der Waals surface area contributed by atoms with Crippen molar-refractivity contribution in [3.63, 3.8) is 0 Å². The number of ether oxygens (including phenoxy) is 2. The summed E-state index contributed by atoms with van der Waals surface area (Å²) in [7, 11) is 0. The van der Waals surface area contributed by atoms with Gasteiger partial charge in [0.2, 0.25) is 0 Å². The van der Waals surface area contributed by atoms with Crippen LogP contribution < -0.4 is 9.47 Å². The average molecular weight is 274 g/mol. The number of halogens is 1. The zero-order valence-corrected chi connectivity index (χ0v) is 10.9. The first-order chi connectivity index (χ1) is 9.29. The van der Waals surface area contributed by atoms with Gasteiger partial charge in [0.15, 0.2) is 0 Å². The Kier molecular flexibility index (Phi) is 4.66. The molecule has 2 aromatic rings. The highest BCUT2D eigenvalue weighted by atomic mass is 35.5. The van der Waals surface area contributed by atoms with Gasteiger partial charge >= 0.3 is 0 Å². The van der Waals surface area contributed by atoms with Crippen LogP contribution >= 0.6 is 11.6 Å². The van der Waals surface area contributed by atoms with Crippen molar-refractivity contribution in [2.75, 3.05) is 13.2 Å². The summed E-state index contributed by atoms with van der Waals surface area (Å²) in [6.07, 6.45) is 0. The van der Waals surface area contributed by atoms with Crippen molar-refractivity contribution in [2.24, 2.45) is 0 Å². The Hall–Kier alpha value is -2.18. The number of nitrogens with zero attached hydrogens (tertiary/aromatic N) is 1. The molecular weight excluding hydrogens is 262 g/mol. The Morgan fingerprint density at radius 3 is 2.32 bits per heavy atom. The summed E-state index contributed by atoms with van der Waals surface area (Å²) in [5.41, 5.74) is 0.611. The molecule has 2 aromatic carbocycles. The molecule has 3 nitrogen and oxygen atoms in total. The number of hydrogen-bond acceptors (Lipinski definition) is 3. The lowest BCUT2D eigenvalue weighted by Gasteiger charge is -2.09. The van der Waals surface area contributed by atoms with Gasteiger partial charge in [-0.05, 0) is 36.4 Å². The van der Waals surface area contributed by atoms with Crippen LogP contribution in [0.3, 0.4) is 0 Å². The molecule has 0 spiro atoms. The van der Waals surface area contributed by atoms with Crippen LogP contribution in [0.2, 0.25) is 5.02 Å². The fourth-order valence-electron chi connectivity index (χ4n) is 1.50. The van der Waals surface area contributed by atoms with Crippen LogP contribution in [0.4, 0.5) is 0 Å². The lowest BCUT2D eigenvalue weighted by Crippen LogP contribution is -2.09. The van der Waals surface area contributed by atoms with Crippen LogP contribution in [0.1, 0.15) is 5.56 Å². The summed E-state index contributed by atoms with van der Waals surface area (Å²) in [5, 5.41) is 9.26. The summed E-state index contributed by atoms with van der Waals surface area (Å²) in [6.45, 7) is 0.820. The van der Waals surface area contributed by atoms with E-state index in [0.717, 1.165) is 0 Å². The average Bonchev–Trinajstić information content (AvgIpc) is 2.46. The van der Waals surface area contributed by atoms with E-state index in [2.05, 4.69) is 6.07 Å². The Labute approximate surface area is 117 Å². The smallest absolute Gasteiger partial charge is 0.138 e. The maximum Gasteiger partial charge on any atom is 0.138 e. The number of para-hydroxylation sites is 1. The molecule has 0 radical (unpaired) electrons. The predicted molar refractivity (Wildman–Crippen MR) is 73.6 cm³/mol. The van der Waals surface area contributed by atoms with E-state index in [-0.39, 0.29) is 0 Å². The third kappa shape index (κ3) is 3.90. The third-order valence-electron chi connectivity index (χ3n) is 2.43. The van der Waals surface area contributed by atoms with Gasteiger partial charge in [-0.3, -0.25) is 0 Å². The molecule has 0 aromatic heterocycles. The van der Waals surface area contributed by atoms with Gasteiger partial charge < -0.3 is 9.47 Å². The monoisotopic (exact) mass is 273 g/mol. The number of hydrogen-bond donors (Lipinski definition) is 0. The summed E-state index contributed by atoms with van der Waals surface area (Å²) >= 11 is 5.96. The molecular formula is C15H12ClNO2. The Bertz CT molecular complexity index is 575. The largest absolute Gasteiger partial charge is 0.490 e. The molecule has 0 fully saturated rings. The van der Waals surface area contributed by atoms with E-state index in [1.54, 1.807) is 30.3 Å². The third-order valence-corrected chi connectivity index (χ3v) is 2.74. The van der Waals surface area contributed by atoms with E-state index in [0.29, 0.717) is 35.3 Å². The first kappa shape index (κ1) is 13.3. The second-order valence-corrected chi connectivity index (χ2v) is 4.17. The van der Waals surface area contributed by atoms with Gasteiger partial charge in [0.05, 0.1) is 16.7 Å². The van der Waals surface area contributed by atoms with Gasteiger partial charge in [0.25, 0.3) is 0 Å². The maximum absolute atomic E-state index is 8.67. The lowest BCUT2D eigenvalue weighted by molar-refractivity contribution is 0.217. The Balaban J connectivity index is 1.78. The molecule has 2 rings (SSSR count). The minimum absolute atomic E-state index is 0.406. The standard InChI is InChI=1S/C15H12ClNO2/c16-14-3-1-2-4-15(14)19-10-9-18-13-7-5-12(11-17)6-8-13/h1-8H,9-10H2. The lowest BCUT2D eigenvalue weighted by atomic mass is 10.2. The van der Waals surface area contributed by atoms with Crippen LogP contribution in [-0.4, -0.2) is 13.2 Å². The SMILES string of the molecule is N#Cc1ccc(OCCOc2ccccc2Cl)cc1. The van der Waals surface area contributed by atoms with Crippen molar-refractivity contribution < 1.29 is 9.47 Å². The first-order valence-electron chi connectivity index (χ1n) is 5.80. The summed E-state index contributed by atoms with van der Waals surface area (Å²) in [4.78, 5) is 0. The van der Waals surface area contributed by atoms with Gasteiger partial charge in [-0.15, -0.1) is 0 Å². The fourth-order valence-corrected chi connectivity index (χ4v) is 1.69. The minimum atomic E-state index is 0.406. The van der Waals surface area contributed by atoms with Crippen LogP contribution in [-0.2, 0) is 0 Å². The zero-order chi connectivity index (χ0) is 13.5. The molecule has 19 heavy (non-hydrogen) atoms. The Morgan fingerprint density at radius 1 is 0.947 bits per heavy atom. The van der Waals surface area contributed by atoms with Gasteiger partial charge in [0, 0.05) is 0 Å². The second kappa shape index (κ2) is 6.67. The van der Waals surface area contributed by atoms with Crippen molar-refractivity contribution in [3.8, 4) is 17.6 Å². The minimum Gasteiger partial charge on any atom is -0.490 e. The summed E-state index contributed by atoms with van der Waals surface area (Å²) in [5.74, 6) is 1.36. The van der Waals surface area contributed by atoms with Crippen LogP contribution in [0, 0.1) is 11.3 Å². The molecule has 0 N–H and O–H groups in total. The molecule has 0 amide bonds. The highest BCUT2D eigenvalue weighted by Crippen LogP contribution is 2.22. The molecule has 0 saturated carbocycles. The highest BCUT2D eigenvalue weighted by molar-refractivity contribution is 6.32. The summed E-state index contributed by atoms with van der Waals surface area (Å²) < 4.78 is 11.0. The summed E-state index contributed by atoms with van der Waals surface area (Å²) in [6, 6.07) is 16.3. The molecule has 0 atom stereocenters. The predicted octanol–water partition coefficient (Wildman–Crippen LogP) is 3.67. The molecule has 0 aliphatic heterocycles. The molecule has 0 aliphatic carbocycles. The van der Waals surface area contributed by atoms with Crippen molar-refractivity contribution in [3.05, 3.63) is 59.1 Å². The van der Waals surface area contributed by atoms with E-state index in [1.165, 1.54) is 0 Å². The Morgan fingerprint density at radius 2 is 1.63 bits per heavy atom. The van der Waals surface area contributed by atoms with Crippen molar-refractivity contribution in [2.45, 2.75) is 0 Å². The second-order valence-electron chi connectivity index (χ2n) is 3.76. The molecule has 0 saturated heterocycles. The number of benzene rings is 2. The fraction of sp³-hybridized carbons (Fsp3) is 0.133. The quantitative estimate of drug-likeness (QED) is 0.781. The normalized spacial score (nSPS) is 9.68. The van der Waals surface area contributed by atoms with Crippen molar-refractivity contribution >= 4 is 11.6 Å². The maximum atomic E-state index is 8.67. The van der Waals surface area contributed by atoms with E-state index < -0.39 is 0 Å². The first-order valence-corrected chi connectivity index (χ1v) is 6.17. The molecule has 4 heteroatoms. The van der Waals surface area contributed by atoms with Crippen LogP contribution in [0.25, 0.3) is 0 Å². The highest BCUT2D eigenvalue weighted by Gasteiger charge is 2.00. The molecule has 0 unspecified atom stereocenters. The van der Waals surface area contributed by atoms with E-state index in [1.807, 2.05) is 18.2 Å². The molecule has 0 aliphatic rings. The van der Waals surface area contributed by atoms with E-state index in [4.69, 9.17) is 26.3 Å². The number of nitriles is 1. The van der Waals surface area contributed by atoms with Crippen molar-refractivity contribution in [1.82, 2.24) is 0 Å². The van der Waals surface area contributed by atoms with E-state index in [9.17, 15) is 0 Å². The van der Waals surface area contributed by atoms with Gasteiger partial charge in [-0.25, -0.2) is 0 Å². The molecule has 0 heterocycles. The zero-order valence-electron chi connectivity index (χ0n) is 10.2. The number of rotatable bonds is 5. The van der Waals surface area contributed by atoms with Crippen LogP contribution in [0.5, 0.6) is 11.5 Å². The van der Waals surface area contributed by atoms with Gasteiger partial charge in [0.1, 0.15) is 24.7 Å². The van der Waals surface area contributed by atoms with Gasteiger partial charge in [-0.2, -0.15) is 5.26 Å². The van der Waals surface area contributed by atoms with Crippen LogP contribution in [0.15, 0.2) is 48.5 Å². The molecule has 0 bridgehead atoms.